The van der Waals surface area contributed by atoms with Crippen molar-refractivity contribution < 1.29 is 4.74 Å². The summed E-state index contributed by atoms with van der Waals surface area (Å²) in [7, 11) is 1.63. The molecular formula is C14H12Br2ClNO. The van der Waals surface area contributed by atoms with Gasteiger partial charge < -0.3 is 10.5 Å². The fraction of sp³-hybridized carbons (Fsp3) is 0.143. The third-order valence-corrected chi connectivity index (χ3v) is 4.15. The van der Waals surface area contributed by atoms with Crippen molar-refractivity contribution in [3.63, 3.8) is 0 Å². The summed E-state index contributed by atoms with van der Waals surface area (Å²) >= 11 is 13.1. The van der Waals surface area contributed by atoms with E-state index in [0.29, 0.717) is 5.02 Å². The highest BCUT2D eigenvalue weighted by Crippen LogP contribution is 2.34. The lowest BCUT2D eigenvalue weighted by Gasteiger charge is -2.18. The highest BCUT2D eigenvalue weighted by atomic mass is 79.9. The van der Waals surface area contributed by atoms with E-state index in [4.69, 9.17) is 22.1 Å². The van der Waals surface area contributed by atoms with E-state index >= 15 is 0 Å². The van der Waals surface area contributed by atoms with Gasteiger partial charge in [0.2, 0.25) is 0 Å². The molecule has 2 aromatic carbocycles. The number of hydrogen-bond donors (Lipinski definition) is 1. The first-order valence-electron chi connectivity index (χ1n) is 5.57. The van der Waals surface area contributed by atoms with E-state index in [2.05, 4.69) is 31.9 Å². The van der Waals surface area contributed by atoms with E-state index in [9.17, 15) is 0 Å². The number of nitrogens with two attached hydrogens (primary N) is 1. The molecule has 0 spiro atoms. The molecule has 5 heteroatoms. The molecule has 0 heterocycles. The minimum Gasteiger partial charge on any atom is -0.496 e. The van der Waals surface area contributed by atoms with Crippen LogP contribution in [-0.4, -0.2) is 7.11 Å². The molecule has 0 aliphatic heterocycles. The van der Waals surface area contributed by atoms with E-state index in [1.807, 2.05) is 36.4 Å². The normalized spacial score (nSPS) is 12.3. The molecule has 0 aromatic heterocycles. The quantitative estimate of drug-likeness (QED) is 0.787. The van der Waals surface area contributed by atoms with E-state index in [-0.39, 0.29) is 6.04 Å². The van der Waals surface area contributed by atoms with Crippen LogP contribution >= 0.6 is 43.5 Å². The second-order valence-corrected chi connectivity index (χ2v) is 6.27. The van der Waals surface area contributed by atoms with Crippen LogP contribution in [0.2, 0.25) is 5.02 Å². The first kappa shape index (κ1) is 14.9. The molecule has 2 rings (SSSR count). The molecule has 2 N–H and O–H groups in total. The summed E-state index contributed by atoms with van der Waals surface area (Å²) in [5.41, 5.74) is 8.07. The van der Waals surface area contributed by atoms with E-state index in [1.165, 1.54) is 0 Å². The Bertz CT molecular complexity index is 604. The maximum atomic E-state index is 6.33. The summed E-state index contributed by atoms with van der Waals surface area (Å²) in [6.45, 7) is 0. The molecule has 0 aliphatic carbocycles. The molecule has 1 unspecified atom stereocenters. The van der Waals surface area contributed by atoms with Crippen LogP contribution in [-0.2, 0) is 0 Å². The predicted molar refractivity (Wildman–Crippen MR) is 85.9 cm³/mol. The van der Waals surface area contributed by atoms with Gasteiger partial charge in [-0.25, -0.2) is 0 Å². The molecule has 0 radical (unpaired) electrons. The number of rotatable bonds is 3. The fourth-order valence-electron chi connectivity index (χ4n) is 1.87. The van der Waals surface area contributed by atoms with Gasteiger partial charge in [0.15, 0.2) is 0 Å². The van der Waals surface area contributed by atoms with Gasteiger partial charge in [0, 0.05) is 19.5 Å². The molecule has 100 valence electrons. The molecule has 0 saturated carbocycles. The lowest BCUT2D eigenvalue weighted by molar-refractivity contribution is 0.407. The largest absolute Gasteiger partial charge is 0.496 e. The van der Waals surface area contributed by atoms with Gasteiger partial charge >= 0.3 is 0 Å². The molecule has 2 nitrogen and oxygen atoms in total. The van der Waals surface area contributed by atoms with Gasteiger partial charge in [-0.15, -0.1) is 0 Å². The first-order chi connectivity index (χ1) is 9.02. The van der Waals surface area contributed by atoms with Crippen molar-refractivity contribution in [3.8, 4) is 5.75 Å². The van der Waals surface area contributed by atoms with Gasteiger partial charge in [0.25, 0.3) is 0 Å². The molecular weight excluding hydrogens is 393 g/mol. The molecule has 0 bridgehead atoms. The van der Waals surface area contributed by atoms with Crippen LogP contribution in [0.3, 0.4) is 0 Å². The SMILES string of the molecule is COc1ccc(Br)cc1C(N)c1cc(Br)ccc1Cl. The standard InChI is InChI=1S/C14H12Br2ClNO/c1-19-13-5-3-9(16)7-11(13)14(18)10-6-8(15)2-4-12(10)17/h2-7,14H,18H2,1H3. The van der Waals surface area contributed by atoms with Crippen molar-refractivity contribution in [2.24, 2.45) is 5.73 Å². The van der Waals surface area contributed by atoms with Gasteiger partial charge in [-0.05, 0) is 42.0 Å². The summed E-state index contributed by atoms with van der Waals surface area (Å²) in [6.07, 6.45) is 0. The Morgan fingerprint density at radius 3 is 2.26 bits per heavy atom. The third-order valence-electron chi connectivity index (χ3n) is 2.82. The van der Waals surface area contributed by atoms with E-state index < -0.39 is 0 Å². The second-order valence-electron chi connectivity index (χ2n) is 4.03. The van der Waals surface area contributed by atoms with Crippen molar-refractivity contribution in [3.05, 3.63) is 61.5 Å². The Balaban J connectivity index is 2.51. The van der Waals surface area contributed by atoms with Crippen LogP contribution in [0.1, 0.15) is 17.2 Å². The zero-order chi connectivity index (χ0) is 14.0. The number of ether oxygens (including phenoxy) is 1. The summed E-state index contributed by atoms with van der Waals surface area (Å²) in [5, 5.41) is 0.637. The Morgan fingerprint density at radius 1 is 1.05 bits per heavy atom. The Hall–Kier alpha value is -0.550. The molecule has 0 fully saturated rings. The van der Waals surface area contributed by atoms with E-state index in [0.717, 1.165) is 25.8 Å². The van der Waals surface area contributed by atoms with Gasteiger partial charge in [-0.3, -0.25) is 0 Å². The molecule has 1 atom stereocenters. The maximum absolute atomic E-state index is 6.33. The summed E-state index contributed by atoms with van der Waals surface area (Å²) < 4.78 is 7.25. The fourth-order valence-corrected chi connectivity index (χ4v) is 2.86. The topological polar surface area (TPSA) is 35.2 Å². The number of benzene rings is 2. The Labute approximate surface area is 134 Å². The highest BCUT2D eigenvalue weighted by Gasteiger charge is 2.17. The van der Waals surface area contributed by atoms with Crippen molar-refractivity contribution in [1.29, 1.82) is 0 Å². The zero-order valence-electron chi connectivity index (χ0n) is 10.2. The molecule has 19 heavy (non-hydrogen) atoms. The maximum Gasteiger partial charge on any atom is 0.124 e. The van der Waals surface area contributed by atoms with E-state index in [1.54, 1.807) is 7.11 Å². The van der Waals surface area contributed by atoms with Crippen molar-refractivity contribution in [1.82, 2.24) is 0 Å². The van der Waals surface area contributed by atoms with Crippen molar-refractivity contribution >= 4 is 43.5 Å². The second kappa shape index (κ2) is 6.27. The smallest absolute Gasteiger partial charge is 0.124 e. The summed E-state index contributed by atoms with van der Waals surface area (Å²) in [6, 6.07) is 11.0. The lowest BCUT2D eigenvalue weighted by Crippen LogP contribution is -2.13. The molecule has 2 aromatic rings. The predicted octanol–water partition coefficient (Wildman–Crippen LogP) is 4.92. The highest BCUT2D eigenvalue weighted by molar-refractivity contribution is 9.10. The van der Waals surface area contributed by atoms with Gasteiger partial charge in [-0.2, -0.15) is 0 Å². The average Bonchev–Trinajstić information content (AvgIpc) is 2.40. The molecule has 0 aliphatic rings. The van der Waals surface area contributed by atoms with Crippen LogP contribution in [0.5, 0.6) is 5.75 Å². The number of methoxy groups -OCH3 is 1. The Morgan fingerprint density at radius 2 is 1.63 bits per heavy atom. The molecule has 0 amide bonds. The zero-order valence-corrected chi connectivity index (χ0v) is 14.1. The number of hydrogen-bond acceptors (Lipinski definition) is 2. The van der Waals surface area contributed by atoms with Gasteiger partial charge in [0.05, 0.1) is 13.2 Å². The van der Waals surface area contributed by atoms with Gasteiger partial charge in [0.1, 0.15) is 5.75 Å². The molecule has 0 saturated heterocycles. The average molecular weight is 406 g/mol. The minimum absolute atomic E-state index is 0.350. The monoisotopic (exact) mass is 403 g/mol. The lowest BCUT2D eigenvalue weighted by atomic mass is 9.99. The third kappa shape index (κ3) is 3.31. The van der Waals surface area contributed by atoms with Crippen LogP contribution in [0, 0.1) is 0 Å². The van der Waals surface area contributed by atoms with Gasteiger partial charge in [-0.1, -0.05) is 43.5 Å². The Kier molecular flexibility index (Phi) is 4.90. The van der Waals surface area contributed by atoms with Crippen LogP contribution < -0.4 is 10.5 Å². The van der Waals surface area contributed by atoms with Crippen LogP contribution in [0.25, 0.3) is 0 Å². The van der Waals surface area contributed by atoms with Crippen LogP contribution in [0.15, 0.2) is 45.3 Å². The summed E-state index contributed by atoms with van der Waals surface area (Å²) in [5.74, 6) is 0.742. The summed E-state index contributed by atoms with van der Waals surface area (Å²) in [4.78, 5) is 0. The first-order valence-corrected chi connectivity index (χ1v) is 7.53. The van der Waals surface area contributed by atoms with Crippen molar-refractivity contribution in [2.45, 2.75) is 6.04 Å². The minimum atomic E-state index is -0.350. The van der Waals surface area contributed by atoms with Crippen LogP contribution in [0.4, 0.5) is 0 Å². The van der Waals surface area contributed by atoms with Crippen molar-refractivity contribution in [2.75, 3.05) is 7.11 Å². The number of halogens is 3.